The summed E-state index contributed by atoms with van der Waals surface area (Å²) in [4.78, 5) is 22.1. The van der Waals surface area contributed by atoms with Gasteiger partial charge in [0.1, 0.15) is 18.1 Å². The quantitative estimate of drug-likeness (QED) is 0.175. The summed E-state index contributed by atoms with van der Waals surface area (Å²) in [5, 5.41) is 2.54. The molecule has 1 aromatic heterocycles. The number of hydrogen-bond donors (Lipinski definition) is 1. The maximum absolute atomic E-state index is 12.9. The molecule has 1 N–H and O–H groups in total. The minimum atomic E-state index is -4.54. The number of alkyl carbamates (subject to hydrolysis) is 1. The van der Waals surface area contributed by atoms with Crippen LogP contribution in [0.25, 0.3) is 11.1 Å². The van der Waals surface area contributed by atoms with E-state index in [2.05, 4.69) is 9.80 Å². The Morgan fingerprint density at radius 1 is 0.848 bits per heavy atom. The minimum Gasteiger partial charge on any atom is -0.439 e. The third kappa shape index (κ3) is 7.24. The molecule has 1 fully saturated rings. The molecule has 0 spiro atoms. The van der Waals surface area contributed by atoms with Gasteiger partial charge in [-0.05, 0) is 67.3 Å². The molecule has 1 amide bonds. The van der Waals surface area contributed by atoms with E-state index in [9.17, 15) is 18.0 Å². The van der Waals surface area contributed by atoms with Crippen molar-refractivity contribution in [3.05, 3.63) is 107 Å². The van der Waals surface area contributed by atoms with Gasteiger partial charge in [0.05, 0.1) is 0 Å². The third-order valence-electron chi connectivity index (χ3n) is 8.41. The van der Waals surface area contributed by atoms with E-state index in [1.165, 1.54) is 0 Å². The first-order valence-electron chi connectivity index (χ1n) is 15.3. The molecule has 6 rings (SSSR count). The SMILES string of the molecule is O=C(NCC(F)(F)F)OC1(CCCCN2CCN(c3cccc(Oc4ccc(Cl)cc4)n3)CC2)c2ccccc2-c2ccccc21. The van der Waals surface area contributed by atoms with Crippen LogP contribution in [0.15, 0.2) is 91.0 Å². The van der Waals surface area contributed by atoms with E-state index < -0.39 is 24.4 Å². The molecule has 1 saturated heterocycles. The highest BCUT2D eigenvalue weighted by Crippen LogP contribution is 2.52. The number of benzene rings is 3. The van der Waals surface area contributed by atoms with Crippen LogP contribution in [0.2, 0.25) is 5.02 Å². The average molecular weight is 651 g/mol. The number of ether oxygens (including phenoxy) is 2. The van der Waals surface area contributed by atoms with Gasteiger partial charge in [-0.25, -0.2) is 4.79 Å². The summed E-state index contributed by atoms with van der Waals surface area (Å²) in [5.41, 5.74) is 2.26. The first kappa shape index (κ1) is 31.7. The van der Waals surface area contributed by atoms with Crippen molar-refractivity contribution in [3.63, 3.8) is 0 Å². The Kier molecular flexibility index (Phi) is 9.37. The van der Waals surface area contributed by atoms with Gasteiger partial charge in [0.15, 0.2) is 5.60 Å². The van der Waals surface area contributed by atoms with Crippen molar-refractivity contribution in [1.82, 2.24) is 15.2 Å². The van der Waals surface area contributed by atoms with Gasteiger partial charge < -0.3 is 19.7 Å². The summed E-state index contributed by atoms with van der Waals surface area (Å²) in [6.07, 6.45) is -3.63. The molecule has 3 aromatic carbocycles. The van der Waals surface area contributed by atoms with Gasteiger partial charge in [0.25, 0.3) is 0 Å². The van der Waals surface area contributed by atoms with E-state index in [4.69, 9.17) is 26.1 Å². The first-order chi connectivity index (χ1) is 22.2. The number of hydrogen-bond acceptors (Lipinski definition) is 6. The Labute approximate surface area is 270 Å². The molecule has 7 nitrogen and oxygen atoms in total. The second-order valence-corrected chi connectivity index (χ2v) is 11.9. The standard InChI is InChI=1S/C35H34ClF3N4O3/c36-25-14-16-26(17-15-25)45-32-13-7-12-31(41-32)43-22-20-42(21-23-43)19-6-5-18-34(46-33(44)40-24-35(37,38)39)29-10-3-1-8-27(29)28-9-2-4-11-30(28)34/h1-4,7-17H,5-6,18-24H2,(H,40,44). The number of unbranched alkanes of at least 4 members (excludes halogenated alkanes) is 1. The number of piperazine rings is 1. The van der Waals surface area contributed by atoms with Gasteiger partial charge in [-0.3, -0.25) is 4.90 Å². The number of fused-ring (bicyclic) bond motifs is 3. The van der Waals surface area contributed by atoms with Crippen LogP contribution in [0, 0.1) is 0 Å². The van der Waals surface area contributed by atoms with Crippen LogP contribution in [0.5, 0.6) is 11.6 Å². The fraction of sp³-hybridized carbons (Fsp3) is 0.314. The molecular formula is C35H34ClF3N4O3. The summed E-state index contributed by atoms with van der Waals surface area (Å²) < 4.78 is 50.5. The van der Waals surface area contributed by atoms with Crippen LogP contribution < -0.4 is 15.0 Å². The predicted octanol–water partition coefficient (Wildman–Crippen LogP) is 8.03. The lowest BCUT2D eigenvalue weighted by molar-refractivity contribution is -0.124. The minimum absolute atomic E-state index is 0.449. The van der Waals surface area contributed by atoms with Crippen molar-refractivity contribution in [1.29, 1.82) is 0 Å². The van der Waals surface area contributed by atoms with Crippen molar-refractivity contribution >= 4 is 23.5 Å². The van der Waals surface area contributed by atoms with Crippen LogP contribution in [-0.4, -0.2) is 61.4 Å². The molecule has 11 heteroatoms. The van der Waals surface area contributed by atoms with Crippen LogP contribution in [-0.2, 0) is 10.3 Å². The van der Waals surface area contributed by atoms with Gasteiger partial charge in [-0.2, -0.15) is 18.2 Å². The molecule has 240 valence electrons. The second-order valence-electron chi connectivity index (χ2n) is 11.5. The van der Waals surface area contributed by atoms with Crippen molar-refractivity contribution < 1.29 is 27.4 Å². The maximum atomic E-state index is 12.9. The third-order valence-corrected chi connectivity index (χ3v) is 8.66. The number of carbonyl (C=O) groups excluding carboxylic acids is 1. The number of rotatable bonds is 10. The predicted molar refractivity (Wildman–Crippen MR) is 171 cm³/mol. The number of halogens is 4. The summed E-state index contributed by atoms with van der Waals surface area (Å²) in [6, 6.07) is 28.1. The van der Waals surface area contributed by atoms with Gasteiger partial charge in [0.2, 0.25) is 5.88 Å². The summed E-state index contributed by atoms with van der Waals surface area (Å²) in [7, 11) is 0. The highest BCUT2D eigenvalue weighted by atomic mass is 35.5. The number of pyridine rings is 1. The van der Waals surface area contributed by atoms with Crippen LogP contribution >= 0.6 is 11.6 Å². The highest BCUT2D eigenvalue weighted by molar-refractivity contribution is 6.30. The van der Waals surface area contributed by atoms with Crippen molar-refractivity contribution in [2.24, 2.45) is 0 Å². The fourth-order valence-corrected chi connectivity index (χ4v) is 6.38. The number of anilines is 1. The highest BCUT2D eigenvalue weighted by Gasteiger charge is 2.46. The Morgan fingerprint density at radius 2 is 1.50 bits per heavy atom. The van der Waals surface area contributed by atoms with E-state index in [1.807, 2.05) is 72.0 Å². The Hall–Kier alpha value is -4.28. The zero-order chi connectivity index (χ0) is 32.1. The largest absolute Gasteiger partial charge is 0.439 e. The Bertz CT molecular complexity index is 1610. The second kappa shape index (κ2) is 13.6. The van der Waals surface area contributed by atoms with Crippen LogP contribution in [0.3, 0.4) is 0 Å². The van der Waals surface area contributed by atoms with Crippen molar-refractivity contribution in [2.45, 2.75) is 31.0 Å². The van der Waals surface area contributed by atoms with Crippen LogP contribution in [0.1, 0.15) is 30.4 Å². The Balaban J connectivity index is 1.06. The van der Waals surface area contributed by atoms with Gasteiger partial charge in [-0.1, -0.05) is 66.2 Å². The lowest BCUT2D eigenvalue weighted by Gasteiger charge is -2.36. The zero-order valence-corrected chi connectivity index (χ0v) is 25.9. The number of aromatic nitrogens is 1. The molecule has 0 atom stereocenters. The zero-order valence-electron chi connectivity index (χ0n) is 25.1. The first-order valence-corrected chi connectivity index (χ1v) is 15.7. The maximum Gasteiger partial charge on any atom is 0.408 e. The Morgan fingerprint density at radius 3 is 2.15 bits per heavy atom. The lowest BCUT2D eigenvalue weighted by Crippen LogP contribution is -2.47. The molecule has 0 unspecified atom stereocenters. The van der Waals surface area contributed by atoms with Gasteiger partial charge in [0, 0.05) is 48.4 Å². The molecule has 2 heterocycles. The smallest absolute Gasteiger partial charge is 0.408 e. The average Bonchev–Trinajstić information content (AvgIpc) is 3.33. The van der Waals surface area contributed by atoms with Crippen molar-refractivity contribution in [3.8, 4) is 22.8 Å². The lowest BCUT2D eigenvalue weighted by atomic mass is 9.86. The van der Waals surface area contributed by atoms with Crippen LogP contribution in [0.4, 0.5) is 23.8 Å². The van der Waals surface area contributed by atoms with E-state index in [-0.39, 0.29) is 0 Å². The fourth-order valence-electron chi connectivity index (χ4n) is 6.25. The van der Waals surface area contributed by atoms with E-state index in [0.29, 0.717) is 29.5 Å². The normalized spacial score (nSPS) is 15.6. The van der Waals surface area contributed by atoms with E-state index >= 15 is 0 Å². The molecule has 0 saturated carbocycles. The molecular weight excluding hydrogens is 617 g/mol. The number of alkyl halides is 3. The molecule has 2 aliphatic rings. The summed E-state index contributed by atoms with van der Waals surface area (Å²) in [6.45, 7) is 2.73. The molecule has 46 heavy (non-hydrogen) atoms. The van der Waals surface area contributed by atoms with Crippen molar-refractivity contribution in [2.75, 3.05) is 44.2 Å². The monoisotopic (exact) mass is 650 g/mol. The summed E-state index contributed by atoms with van der Waals surface area (Å²) in [5.74, 6) is 2.03. The molecule has 1 aliphatic carbocycles. The summed E-state index contributed by atoms with van der Waals surface area (Å²) >= 11 is 5.97. The van der Waals surface area contributed by atoms with Gasteiger partial charge >= 0.3 is 12.3 Å². The van der Waals surface area contributed by atoms with E-state index in [1.54, 1.807) is 24.3 Å². The molecule has 0 radical (unpaired) electrons. The van der Waals surface area contributed by atoms with Gasteiger partial charge in [-0.15, -0.1) is 0 Å². The van der Waals surface area contributed by atoms with E-state index in [0.717, 1.165) is 67.2 Å². The number of amides is 1. The molecule has 0 bridgehead atoms. The topological polar surface area (TPSA) is 66.9 Å². The molecule has 4 aromatic rings. The number of nitrogens with zero attached hydrogens (tertiary/aromatic N) is 3. The number of carbonyl (C=O) groups is 1. The molecule has 1 aliphatic heterocycles. The number of nitrogens with one attached hydrogen (secondary N) is 1.